The minimum absolute atomic E-state index is 0.254. The first kappa shape index (κ1) is 14.0. The Hall–Kier alpha value is -2.10. The van der Waals surface area contributed by atoms with Crippen LogP contribution in [0.1, 0.15) is 12.0 Å². The molecule has 0 amide bonds. The van der Waals surface area contributed by atoms with Gasteiger partial charge < -0.3 is 9.47 Å². The maximum absolute atomic E-state index is 11.3. The molecule has 1 rings (SSSR count). The van der Waals surface area contributed by atoms with Crippen LogP contribution in [0.25, 0.3) is 0 Å². The predicted molar refractivity (Wildman–Crippen MR) is 66.9 cm³/mol. The fraction of sp³-hybridized carbons (Fsp3) is 0.286. The molecular formula is C14H16O4. The van der Waals surface area contributed by atoms with Crippen molar-refractivity contribution in [2.75, 3.05) is 13.7 Å². The SMILES string of the molecule is C=C(C(=O)OC)C(=O)OCCCc1ccccc1. The Morgan fingerprint density at radius 3 is 2.44 bits per heavy atom. The number of benzene rings is 1. The third-order valence-corrected chi connectivity index (χ3v) is 2.36. The first-order chi connectivity index (χ1) is 8.65. The van der Waals surface area contributed by atoms with Crippen molar-refractivity contribution in [1.29, 1.82) is 0 Å². The lowest BCUT2D eigenvalue weighted by Gasteiger charge is -2.05. The first-order valence-electron chi connectivity index (χ1n) is 5.63. The quantitative estimate of drug-likeness (QED) is 0.254. The molecule has 0 spiro atoms. The van der Waals surface area contributed by atoms with Gasteiger partial charge in [0.25, 0.3) is 0 Å². The molecule has 0 atom stereocenters. The summed E-state index contributed by atoms with van der Waals surface area (Å²) in [7, 11) is 1.19. The zero-order valence-corrected chi connectivity index (χ0v) is 10.3. The number of carbonyl (C=O) groups excluding carboxylic acids is 2. The van der Waals surface area contributed by atoms with Gasteiger partial charge in [-0.05, 0) is 18.4 Å². The lowest BCUT2D eigenvalue weighted by atomic mass is 10.1. The van der Waals surface area contributed by atoms with E-state index in [2.05, 4.69) is 11.3 Å². The highest BCUT2D eigenvalue weighted by Gasteiger charge is 2.17. The van der Waals surface area contributed by atoms with Gasteiger partial charge in [-0.15, -0.1) is 0 Å². The fourth-order valence-electron chi connectivity index (χ4n) is 1.38. The molecule has 0 aliphatic heterocycles. The summed E-state index contributed by atoms with van der Waals surface area (Å²) in [5.74, 6) is -1.49. The van der Waals surface area contributed by atoms with Gasteiger partial charge in [0.2, 0.25) is 0 Å². The smallest absolute Gasteiger partial charge is 0.344 e. The highest BCUT2D eigenvalue weighted by atomic mass is 16.5. The number of aryl methyl sites for hydroxylation is 1. The van der Waals surface area contributed by atoms with E-state index in [-0.39, 0.29) is 12.2 Å². The van der Waals surface area contributed by atoms with E-state index in [0.717, 1.165) is 6.42 Å². The summed E-state index contributed by atoms with van der Waals surface area (Å²) >= 11 is 0. The molecule has 4 nitrogen and oxygen atoms in total. The summed E-state index contributed by atoms with van der Waals surface area (Å²) in [4.78, 5) is 22.3. The van der Waals surface area contributed by atoms with Gasteiger partial charge in [0.15, 0.2) is 0 Å². The fourth-order valence-corrected chi connectivity index (χ4v) is 1.38. The van der Waals surface area contributed by atoms with Crippen molar-refractivity contribution >= 4 is 11.9 Å². The Balaban J connectivity index is 2.24. The van der Waals surface area contributed by atoms with Crippen molar-refractivity contribution < 1.29 is 19.1 Å². The van der Waals surface area contributed by atoms with Crippen molar-refractivity contribution in [3.63, 3.8) is 0 Å². The molecule has 0 heterocycles. The molecule has 1 aromatic carbocycles. The van der Waals surface area contributed by atoms with Crippen LogP contribution >= 0.6 is 0 Å². The van der Waals surface area contributed by atoms with Gasteiger partial charge >= 0.3 is 11.9 Å². The number of ether oxygens (including phenoxy) is 2. The van der Waals surface area contributed by atoms with Crippen molar-refractivity contribution in [3.05, 3.63) is 48.0 Å². The van der Waals surface area contributed by atoms with E-state index in [1.807, 2.05) is 30.3 Å². The molecule has 96 valence electrons. The molecule has 0 aromatic heterocycles. The zero-order valence-electron chi connectivity index (χ0n) is 10.3. The lowest BCUT2D eigenvalue weighted by Crippen LogP contribution is -2.16. The van der Waals surface area contributed by atoms with Crippen LogP contribution in [0.3, 0.4) is 0 Å². The van der Waals surface area contributed by atoms with E-state index >= 15 is 0 Å². The van der Waals surface area contributed by atoms with Gasteiger partial charge in [0.1, 0.15) is 5.57 Å². The highest BCUT2D eigenvalue weighted by Crippen LogP contribution is 2.04. The lowest BCUT2D eigenvalue weighted by molar-refractivity contribution is -0.145. The maximum Gasteiger partial charge on any atom is 0.344 e. The molecule has 1 aromatic rings. The normalized spacial score (nSPS) is 9.61. The monoisotopic (exact) mass is 248 g/mol. The average molecular weight is 248 g/mol. The van der Waals surface area contributed by atoms with E-state index < -0.39 is 11.9 Å². The van der Waals surface area contributed by atoms with Gasteiger partial charge in [-0.3, -0.25) is 0 Å². The second-order valence-corrected chi connectivity index (χ2v) is 3.70. The molecule has 0 unspecified atom stereocenters. The predicted octanol–water partition coefficient (Wildman–Crippen LogP) is 1.89. The van der Waals surface area contributed by atoms with Crippen LogP contribution in [-0.2, 0) is 25.5 Å². The number of esters is 2. The molecule has 0 bridgehead atoms. The van der Waals surface area contributed by atoms with Crippen LogP contribution in [0.4, 0.5) is 0 Å². The zero-order chi connectivity index (χ0) is 13.4. The van der Waals surface area contributed by atoms with Gasteiger partial charge in [0, 0.05) is 0 Å². The van der Waals surface area contributed by atoms with E-state index in [4.69, 9.17) is 4.74 Å². The van der Waals surface area contributed by atoms with Crippen LogP contribution < -0.4 is 0 Å². The first-order valence-corrected chi connectivity index (χ1v) is 5.63. The Kier molecular flexibility index (Phi) is 5.64. The van der Waals surface area contributed by atoms with Gasteiger partial charge in [0.05, 0.1) is 13.7 Å². The van der Waals surface area contributed by atoms with E-state index in [9.17, 15) is 9.59 Å². The Morgan fingerprint density at radius 1 is 1.17 bits per heavy atom. The van der Waals surface area contributed by atoms with Crippen molar-refractivity contribution in [3.8, 4) is 0 Å². The summed E-state index contributed by atoms with van der Waals surface area (Å²) in [6.45, 7) is 3.57. The molecule has 4 heteroatoms. The standard InChI is InChI=1S/C14H16O4/c1-11(13(15)17-2)14(16)18-10-6-9-12-7-4-3-5-8-12/h3-5,7-8H,1,6,9-10H2,2H3. The Bertz CT molecular complexity index is 423. The Labute approximate surface area is 106 Å². The topological polar surface area (TPSA) is 52.6 Å². The molecule has 0 N–H and O–H groups in total. The third kappa shape index (κ3) is 4.41. The number of hydrogen-bond donors (Lipinski definition) is 0. The second kappa shape index (κ2) is 7.27. The maximum atomic E-state index is 11.3. The molecule has 18 heavy (non-hydrogen) atoms. The van der Waals surface area contributed by atoms with E-state index in [1.54, 1.807) is 0 Å². The van der Waals surface area contributed by atoms with Crippen LogP contribution in [0, 0.1) is 0 Å². The van der Waals surface area contributed by atoms with Crippen molar-refractivity contribution in [1.82, 2.24) is 0 Å². The minimum Gasteiger partial charge on any atom is -0.465 e. The minimum atomic E-state index is -0.761. The molecule has 0 saturated heterocycles. The summed E-state index contributed by atoms with van der Waals surface area (Å²) in [6.07, 6.45) is 1.52. The van der Waals surface area contributed by atoms with E-state index in [0.29, 0.717) is 6.42 Å². The second-order valence-electron chi connectivity index (χ2n) is 3.70. The molecule has 0 fully saturated rings. The highest BCUT2D eigenvalue weighted by molar-refractivity contribution is 6.13. The van der Waals surface area contributed by atoms with Crippen LogP contribution in [0.5, 0.6) is 0 Å². The third-order valence-electron chi connectivity index (χ3n) is 2.36. The van der Waals surface area contributed by atoms with Crippen molar-refractivity contribution in [2.45, 2.75) is 12.8 Å². The van der Waals surface area contributed by atoms with Gasteiger partial charge in [-0.2, -0.15) is 0 Å². The van der Waals surface area contributed by atoms with Crippen molar-refractivity contribution in [2.24, 2.45) is 0 Å². The Morgan fingerprint density at radius 2 is 1.83 bits per heavy atom. The number of carbonyl (C=O) groups is 2. The number of methoxy groups -OCH3 is 1. The summed E-state index contributed by atoms with van der Waals surface area (Å²) in [6, 6.07) is 9.88. The van der Waals surface area contributed by atoms with Gasteiger partial charge in [-0.1, -0.05) is 36.9 Å². The number of rotatable bonds is 6. The number of hydrogen-bond acceptors (Lipinski definition) is 4. The molecular weight excluding hydrogens is 232 g/mol. The van der Waals surface area contributed by atoms with Crippen LogP contribution in [0.2, 0.25) is 0 Å². The molecule has 0 aliphatic rings. The largest absolute Gasteiger partial charge is 0.465 e. The summed E-state index contributed by atoms with van der Waals surface area (Å²) in [5, 5.41) is 0. The summed E-state index contributed by atoms with van der Waals surface area (Å²) in [5.41, 5.74) is 0.901. The molecule has 0 saturated carbocycles. The van der Waals surface area contributed by atoms with Gasteiger partial charge in [-0.25, -0.2) is 9.59 Å². The van der Waals surface area contributed by atoms with Crippen LogP contribution in [0.15, 0.2) is 42.5 Å². The van der Waals surface area contributed by atoms with Crippen LogP contribution in [-0.4, -0.2) is 25.7 Å². The average Bonchev–Trinajstić information content (AvgIpc) is 2.42. The van der Waals surface area contributed by atoms with E-state index in [1.165, 1.54) is 12.7 Å². The molecule has 0 radical (unpaired) electrons. The summed E-state index contributed by atoms with van der Waals surface area (Å²) < 4.78 is 9.28. The molecule has 0 aliphatic carbocycles.